The molecular formula is C28H24ClN5O2. The van der Waals surface area contributed by atoms with Gasteiger partial charge in [0.05, 0.1) is 23.8 Å². The Morgan fingerprint density at radius 1 is 1.08 bits per heavy atom. The Kier molecular flexibility index (Phi) is 6.64. The Hall–Kier alpha value is -4.23. The van der Waals surface area contributed by atoms with Gasteiger partial charge >= 0.3 is 0 Å². The van der Waals surface area contributed by atoms with E-state index in [0.29, 0.717) is 27.9 Å². The number of halogens is 1. The van der Waals surface area contributed by atoms with Crippen LogP contribution in [0.5, 0.6) is 0 Å². The van der Waals surface area contributed by atoms with E-state index in [1.54, 1.807) is 30.5 Å². The van der Waals surface area contributed by atoms with Crippen molar-refractivity contribution in [1.29, 1.82) is 0 Å². The standard InChI is InChI=1S/C28H24ClN5O2/c1-2-23(17-6-4-3-5-7-17)33-27(36)18-8-11-21(12-9-18)31-28-30-16-19-14-25(35)32-24-15-20(29)10-13-22(24)26(19)34-28/h3-13,15-16,23H,2,14H2,1H3,(H,32,35)(H,33,36)(H,30,31,34). The van der Waals surface area contributed by atoms with Crippen LogP contribution in [0.2, 0.25) is 5.02 Å². The molecule has 7 nitrogen and oxygen atoms in total. The van der Waals surface area contributed by atoms with Crippen molar-refractivity contribution in [3.63, 3.8) is 0 Å². The van der Waals surface area contributed by atoms with E-state index < -0.39 is 0 Å². The first-order valence-corrected chi connectivity index (χ1v) is 12.1. The first kappa shape index (κ1) is 23.5. The lowest BCUT2D eigenvalue weighted by molar-refractivity contribution is -0.115. The molecular weight excluding hydrogens is 474 g/mol. The highest BCUT2D eigenvalue weighted by Crippen LogP contribution is 2.34. The third-order valence-corrected chi connectivity index (χ3v) is 6.28. The number of aromatic nitrogens is 2. The van der Waals surface area contributed by atoms with Crippen LogP contribution >= 0.6 is 11.6 Å². The van der Waals surface area contributed by atoms with Crippen molar-refractivity contribution in [1.82, 2.24) is 15.3 Å². The third kappa shape index (κ3) is 5.06. The van der Waals surface area contributed by atoms with E-state index in [1.807, 2.05) is 55.5 Å². The lowest BCUT2D eigenvalue weighted by atomic mass is 10.0. The zero-order chi connectivity index (χ0) is 25.1. The summed E-state index contributed by atoms with van der Waals surface area (Å²) >= 11 is 6.12. The predicted molar refractivity (Wildman–Crippen MR) is 141 cm³/mol. The molecule has 1 aliphatic rings. The smallest absolute Gasteiger partial charge is 0.251 e. The van der Waals surface area contributed by atoms with Gasteiger partial charge < -0.3 is 16.0 Å². The maximum absolute atomic E-state index is 12.8. The third-order valence-electron chi connectivity index (χ3n) is 6.05. The van der Waals surface area contributed by atoms with Gasteiger partial charge in [-0.2, -0.15) is 0 Å². The highest BCUT2D eigenvalue weighted by molar-refractivity contribution is 6.31. The highest BCUT2D eigenvalue weighted by Gasteiger charge is 2.21. The summed E-state index contributed by atoms with van der Waals surface area (Å²) in [6.45, 7) is 2.05. The molecule has 36 heavy (non-hydrogen) atoms. The number of carbonyl (C=O) groups excluding carboxylic acids is 2. The van der Waals surface area contributed by atoms with Crippen LogP contribution in [0.15, 0.2) is 79.0 Å². The van der Waals surface area contributed by atoms with E-state index in [9.17, 15) is 9.59 Å². The maximum Gasteiger partial charge on any atom is 0.251 e. The van der Waals surface area contributed by atoms with E-state index in [0.717, 1.165) is 28.8 Å². The van der Waals surface area contributed by atoms with Gasteiger partial charge in [0.1, 0.15) is 0 Å². The van der Waals surface area contributed by atoms with Crippen LogP contribution in [-0.4, -0.2) is 21.8 Å². The topological polar surface area (TPSA) is 96.0 Å². The minimum Gasteiger partial charge on any atom is -0.345 e. The largest absolute Gasteiger partial charge is 0.345 e. The van der Waals surface area contributed by atoms with Crippen LogP contribution < -0.4 is 16.0 Å². The maximum atomic E-state index is 12.8. The average molecular weight is 498 g/mol. The van der Waals surface area contributed by atoms with Gasteiger partial charge in [-0.3, -0.25) is 9.59 Å². The second-order valence-corrected chi connectivity index (χ2v) is 8.97. The Bertz CT molecular complexity index is 1420. The van der Waals surface area contributed by atoms with E-state index in [2.05, 4.69) is 25.9 Å². The van der Waals surface area contributed by atoms with Gasteiger partial charge in [0.25, 0.3) is 5.91 Å². The summed E-state index contributed by atoms with van der Waals surface area (Å²) < 4.78 is 0. The molecule has 3 N–H and O–H groups in total. The number of carbonyl (C=O) groups is 2. The fraction of sp³-hybridized carbons (Fsp3) is 0.143. The van der Waals surface area contributed by atoms with Crippen molar-refractivity contribution >= 4 is 40.7 Å². The van der Waals surface area contributed by atoms with Crippen LogP contribution in [0.3, 0.4) is 0 Å². The van der Waals surface area contributed by atoms with Crippen LogP contribution in [0, 0.1) is 0 Å². The highest BCUT2D eigenvalue weighted by atomic mass is 35.5. The van der Waals surface area contributed by atoms with Crippen molar-refractivity contribution in [3.05, 3.63) is 101 Å². The van der Waals surface area contributed by atoms with Crippen LogP contribution in [-0.2, 0) is 11.2 Å². The van der Waals surface area contributed by atoms with Crippen LogP contribution in [0.4, 0.5) is 17.3 Å². The summed E-state index contributed by atoms with van der Waals surface area (Å²) in [5, 5.41) is 9.69. The normalized spacial score (nSPS) is 13.0. The van der Waals surface area contributed by atoms with Crippen molar-refractivity contribution < 1.29 is 9.59 Å². The van der Waals surface area contributed by atoms with Crippen molar-refractivity contribution in [3.8, 4) is 11.3 Å². The molecule has 2 amide bonds. The predicted octanol–water partition coefficient (Wildman–Crippen LogP) is 5.92. The molecule has 4 aromatic rings. The Morgan fingerprint density at radius 3 is 2.61 bits per heavy atom. The molecule has 1 aliphatic heterocycles. The summed E-state index contributed by atoms with van der Waals surface area (Å²) in [5.41, 5.74) is 5.17. The number of benzene rings is 3. The van der Waals surface area contributed by atoms with Gasteiger partial charge in [-0.25, -0.2) is 9.97 Å². The van der Waals surface area contributed by atoms with Gasteiger partial charge in [-0.05, 0) is 54.4 Å². The molecule has 0 radical (unpaired) electrons. The fourth-order valence-electron chi connectivity index (χ4n) is 4.21. The monoisotopic (exact) mass is 497 g/mol. The first-order valence-electron chi connectivity index (χ1n) is 11.7. The molecule has 0 spiro atoms. The first-order chi connectivity index (χ1) is 17.5. The molecule has 2 heterocycles. The Balaban J connectivity index is 1.33. The quantitative estimate of drug-likeness (QED) is 0.307. The molecule has 5 rings (SSSR count). The van der Waals surface area contributed by atoms with E-state index in [1.165, 1.54) is 0 Å². The van der Waals surface area contributed by atoms with Gasteiger partial charge in [-0.1, -0.05) is 48.9 Å². The molecule has 3 aromatic carbocycles. The molecule has 8 heteroatoms. The number of amides is 2. The summed E-state index contributed by atoms with van der Waals surface area (Å²) in [7, 11) is 0. The molecule has 1 unspecified atom stereocenters. The van der Waals surface area contributed by atoms with Crippen molar-refractivity contribution in [2.75, 3.05) is 10.6 Å². The van der Waals surface area contributed by atoms with Gasteiger partial charge in [0.2, 0.25) is 11.9 Å². The van der Waals surface area contributed by atoms with Crippen molar-refractivity contribution in [2.24, 2.45) is 0 Å². The number of anilines is 3. The molecule has 1 aromatic heterocycles. The summed E-state index contributed by atoms with van der Waals surface area (Å²) in [4.78, 5) is 34.2. The number of hydrogen-bond acceptors (Lipinski definition) is 5. The molecule has 0 fully saturated rings. The second-order valence-electron chi connectivity index (χ2n) is 8.53. The minimum absolute atomic E-state index is 0.0522. The zero-order valence-corrected chi connectivity index (χ0v) is 20.3. The van der Waals surface area contributed by atoms with Gasteiger partial charge in [0.15, 0.2) is 0 Å². The van der Waals surface area contributed by atoms with E-state index in [-0.39, 0.29) is 24.3 Å². The van der Waals surface area contributed by atoms with Crippen LogP contribution in [0.25, 0.3) is 11.3 Å². The molecule has 0 aliphatic carbocycles. The lowest BCUT2D eigenvalue weighted by Gasteiger charge is -2.17. The number of rotatable bonds is 6. The summed E-state index contributed by atoms with van der Waals surface area (Å²) in [6, 6.07) is 22.3. The molecule has 0 saturated carbocycles. The molecule has 180 valence electrons. The number of fused-ring (bicyclic) bond motifs is 3. The second kappa shape index (κ2) is 10.2. The van der Waals surface area contributed by atoms with Gasteiger partial charge in [0, 0.05) is 33.6 Å². The van der Waals surface area contributed by atoms with E-state index >= 15 is 0 Å². The number of hydrogen-bond donors (Lipinski definition) is 3. The summed E-state index contributed by atoms with van der Waals surface area (Å²) in [6.07, 6.45) is 2.62. The Morgan fingerprint density at radius 2 is 1.86 bits per heavy atom. The summed E-state index contributed by atoms with van der Waals surface area (Å²) in [5.74, 6) is 0.107. The molecule has 0 bridgehead atoms. The SMILES string of the molecule is CCC(NC(=O)c1ccc(Nc2ncc3c(n2)-c2ccc(Cl)cc2NC(=O)C3)cc1)c1ccccc1. The molecule has 0 saturated heterocycles. The Labute approximate surface area is 214 Å². The van der Waals surface area contributed by atoms with Crippen LogP contribution in [0.1, 0.15) is 40.9 Å². The zero-order valence-electron chi connectivity index (χ0n) is 19.6. The average Bonchev–Trinajstić information content (AvgIpc) is 3.02. The number of nitrogens with zero attached hydrogens (tertiary/aromatic N) is 2. The minimum atomic E-state index is -0.145. The molecule has 1 atom stereocenters. The van der Waals surface area contributed by atoms with E-state index in [4.69, 9.17) is 11.6 Å². The lowest BCUT2D eigenvalue weighted by Crippen LogP contribution is -2.28. The fourth-order valence-corrected chi connectivity index (χ4v) is 4.38. The van der Waals surface area contributed by atoms with Crippen molar-refractivity contribution in [2.45, 2.75) is 25.8 Å². The number of nitrogens with one attached hydrogen (secondary N) is 3. The van der Waals surface area contributed by atoms with Gasteiger partial charge in [-0.15, -0.1) is 0 Å².